The Morgan fingerprint density at radius 3 is 2.66 bits per heavy atom. The molecule has 158 valence electrons. The lowest BCUT2D eigenvalue weighted by atomic mass is 9.62. The Morgan fingerprint density at radius 1 is 1.31 bits per heavy atom. The second-order valence-corrected chi connectivity index (χ2v) is 9.30. The molecule has 1 saturated carbocycles. The fraction of sp³-hybridized carbons (Fsp3) is 0.591. The Balaban J connectivity index is 1.61. The van der Waals surface area contributed by atoms with Crippen LogP contribution in [0.3, 0.4) is 0 Å². The van der Waals surface area contributed by atoms with Crippen molar-refractivity contribution in [1.82, 2.24) is 4.90 Å². The molecule has 1 aromatic rings. The minimum Gasteiger partial charge on any atom is -0.495 e. The number of aryl methyl sites for hydroxylation is 1. The van der Waals surface area contributed by atoms with Gasteiger partial charge in [-0.05, 0) is 43.2 Å². The molecule has 6 nitrogen and oxygen atoms in total. The van der Waals surface area contributed by atoms with Crippen molar-refractivity contribution < 1.29 is 19.1 Å². The summed E-state index contributed by atoms with van der Waals surface area (Å²) >= 11 is 6.10. The van der Waals surface area contributed by atoms with Gasteiger partial charge in [-0.2, -0.15) is 0 Å². The number of ether oxygens (including phenoxy) is 1. The molecule has 1 saturated heterocycles. The highest BCUT2D eigenvalue weighted by molar-refractivity contribution is 6.31. The van der Waals surface area contributed by atoms with Gasteiger partial charge in [0.1, 0.15) is 5.75 Å². The van der Waals surface area contributed by atoms with E-state index in [9.17, 15) is 14.4 Å². The van der Waals surface area contributed by atoms with Crippen molar-refractivity contribution in [2.24, 2.45) is 16.7 Å². The van der Waals surface area contributed by atoms with Gasteiger partial charge in [0.05, 0.1) is 18.2 Å². The van der Waals surface area contributed by atoms with E-state index in [0.717, 1.165) is 18.4 Å². The number of hydrogen-bond acceptors (Lipinski definition) is 4. The maximum atomic E-state index is 13.0. The van der Waals surface area contributed by atoms with Crippen LogP contribution < -0.4 is 10.1 Å². The van der Waals surface area contributed by atoms with Gasteiger partial charge in [-0.3, -0.25) is 19.3 Å². The molecule has 7 heteroatoms. The summed E-state index contributed by atoms with van der Waals surface area (Å²) in [5, 5.41) is 3.39. The van der Waals surface area contributed by atoms with E-state index in [1.54, 1.807) is 12.1 Å². The number of methoxy groups -OCH3 is 1. The highest BCUT2D eigenvalue weighted by Crippen LogP contribution is 2.60. The molecule has 2 unspecified atom stereocenters. The number of nitrogens with zero attached hydrogens (tertiary/aromatic N) is 1. The SMILES string of the molecule is COc1cc(Cl)c(C)cc1NC(=O)CCCN1C(=O)C2CCC(C)(C1=O)C2(C)C. The van der Waals surface area contributed by atoms with E-state index in [4.69, 9.17) is 16.3 Å². The van der Waals surface area contributed by atoms with Gasteiger partial charge in [-0.25, -0.2) is 0 Å². The first-order valence-electron chi connectivity index (χ1n) is 10.0. The Hall–Kier alpha value is -2.08. The third-order valence-electron chi connectivity index (χ3n) is 7.05. The number of amides is 3. The lowest BCUT2D eigenvalue weighted by molar-refractivity contribution is -0.168. The van der Waals surface area contributed by atoms with Crippen molar-refractivity contribution >= 4 is 35.0 Å². The number of likely N-dealkylation sites (tertiary alicyclic amines) is 1. The van der Waals surface area contributed by atoms with E-state index in [2.05, 4.69) is 5.32 Å². The van der Waals surface area contributed by atoms with Crippen molar-refractivity contribution in [3.05, 3.63) is 22.7 Å². The van der Waals surface area contributed by atoms with Gasteiger partial charge in [0.2, 0.25) is 17.7 Å². The minimum atomic E-state index is -0.512. The van der Waals surface area contributed by atoms with Crippen LogP contribution in [0.4, 0.5) is 5.69 Å². The number of fused-ring (bicyclic) bond motifs is 2. The molecule has 2 fully saturated rings. The monoisotopic (exact) mass is 420 g/mol. The van der Waals surface area contributed by atoms with E-state index >= 15 is 0 Å². The van der Waals surface area contributed by atoms with E-state index < -0.39 is 5.41 Å². The molecular weight excluding hydrogens is 392 g/mol. The summed E-state index contributed by atoms with van der Waals surface area (Å²) in [6.45, 7) is 8.13. The van der Waals surface area contributed by atoms with Gasteiger partial charge in [0.25, 0.3) is 0 Å². The number of anilines is 1. The normalized spacial score (nSPS) is 25.3. The van der Waals surface area contributed by atoms with E-state index in [-0.39, 0.29) is 42.0 Å². The van der Waals surface area contributed by atoms with Crippen molar-refractivity contribution in [2.75, 3.05) is 19.0 Å². The quantitative estimate of drug-likeness (QED) is 0.700. The summed E-state index contributed by atoms with van der Waals surface area (Å²) in [5.41, 5.74) is 0.551. The largest absolute Gasteiger partial charge is 0.495 e. The molecule has 0 radical (unpaired) electrons. The van der Waals surface area contributed by atoms with Crippen LogP contribution in [0.15, 0.2) is 12.1 Å². The Bertz CT molecular complexity index is 867. The summed E-state index contributed by atoms with van der Waals surface area (Å²) in [6.07, 6.45) is 2.11. The summed E-state index contributed by atoms with van der Waals surface area (Å²) in [5.74, 6) is -0.0270. The molecule has 0 spiro atoms. The van der Waals surface area contributed by atoms with Crippen molar-refractivity contribution in [1.29, 1.82) is 0 Å². The number of nitrogens with one attached hydrogen (secondary N) is 1. The number of carbonyl (C=O) groups excluding carboxylic acids is 3. The average molecular weight is 421 g/mol. The zero-order valence-corrected chi connectivity index (χ0v) is 18.5. The second kappa shape index (κ2) is 7.63. The first-order chi connectivity index (χ1) is 13.5. The van der Waals surface area contributed by atoms with Gasteiger partial charge < -0.3 is 10.1 Å². The van der Waals surface area contributed by atoms with Crippen LogP contribution in [0.5, 0.6) is 5.75 Å². The van der Waals surface area contributed by atoms with E-state index in [0.29, 0.717) is 22.9 Å². The first kappa shape index (κ1) is 21.6. The van der Waals surface area contributed by atoms with Crippen molar-refractivity contribution in [2.45, 2.75) is 53.4 Å². The molecule has 1 aromatic carbocycles. The van der Waals surface area contributed by atoms with Crippen molar-refractivity contribution in [3.8, 4) is 5.75 Å². The maximum Gasteiger partial charge on any atom is 0.235 e. The van der Waals surface area contributed by atoms with E-state index in [1.807, 2.05) is 27.7 Å². The molecule has 3 amide bonds. The summed E-state index contributed by atoms with van der Waals surface area (Å²) in [6, 6.07) is 3.42. The van der Waals surface area contributed by atoms with Gasteiger partial charge in [-0.1, -0.05) is 32.4 Å². The third-order valence-corrected chi connectivity index (χ3v) is 7.46. The summed E-state index contributed by atoms with van der Waals surface area (Å²) in [4.78, 5) is 39.7. The highest BCUT2D eigenvalue weighted by atomic mass is 35.5. The van der Waals surface area contributed by atoms with Crippen LogP contribution in [0.1, 0.15) is 52.0 Å². The maximum absolute atomic E-state index is 13.0. The van der Waals surface area contributed by atoms with Crippen LogP contribution in [0.25, 0.3) is 0 Å². The molecule has 1 heterocycles. The topological polar surface area (TPSA) is 75.7 Å². The fourth-order valence-corrected chi connectivity index (χ4v) is 4.81. The fourth-order valence-electron chi connectivity index (χ4n) is 4.65. The molecular formula is C22H29ClN2O4. The third kappa shape index (κ3) is 3.52. The summed E-state index contributed by atoms with van der Waals surface area (Å²) < 4.78 is 5.27. The smallest absolute Gasteiger partial charge is 0.235 e. The number of benzene rings is 1. The molecule has 3 rings (SSSR count). The lowest BCUT2D eigenvalue weighted by Gasteiger charge is -2.47. The predicted octanol–water partition coefficient (Wildman–Crippen LogP) is 4.19. The zero-order chi connectivity index (χ0) is 21.6. The zero-order valence-electron chi connectivity index (χ0n) is 17.7. The Labute approximate surface area is 176 Å². The van der Waals surface area contributed by atoms with Gasteiger partial charge in [-0.15, -0.1) is 0 Å². The number of imide groups is 1. The van der Waals surface area contributed by atoms with Crippen LogP contribution in [-0.4, -0.2) is 36.3 Å². The van der Waals surface area contributed by atoms with Gasteiger partial charge in [0.15, 0.2) is 0 Å². The first-order valence-corrected chi connectivity index (χ1v) is 10.4. The van der Waals surface area contributed by atoms with Crippen LogP contribution >= 0.6 is 11.6 Å². The van der Waals surface area contributed by atoms with E-state index in [1.165, 1.54) is 12.0 Å². The number of carbonyl (C=O) groups is 3. The number of rotatable bonds is 6. The van der Waals surface area contributed by atoms with Crippen molar-refractivity contribution in [3.63, 3.8) is 0 Å². The molecule has 1 aliphatic carbocycles. The molecule has 2 atom stereocenters. The van der Waals surface area contributed by atoms with Gasteiger partial charge >= 0.3 is 0 Å². The molecule has 2 bridgehead atoms. The number of halogens is 1. The standard InChI is InChI=1S/C22H29ClN2O4/c1-13-11-16(17(29-5)12-15(13)23)24-18(26)7-6-10-25-19(27)14-8-9-22(4,20(25)28)21(14,2)3/h11-12,14H,6-10H2,1-5H3,(H,24,26). The molecule has 1 aliphatic heterocycles. The Morgan fingerprint density at radius 2 is 2.00 bits per heavy atom. The predicted molar refractivity (Wildman–Crippen MR) is 112 cm³/mol. The van der Waals surface area contributed by atoms with Crippen LogP contribution in [0.2, 0.25) is 5.02 Å². The molecule has 1 N–H and O–H groups in total. The molecule has 2 aliphatic rings. The van der Waals surface area contributed by atoms with Gasteiger partial charge in [0, 0.05) is 30.0 Å². The highest BCUT2D eigenvalue weighted by Gasteiger charge is 2.64. The van der Waals surface area contributed by atoms with Crippen LogP contribution in [0, 0.1) is 23.7 Å². The lowest BCUT2D eigenvalue weighted by Crippen LogP contribution is -2.59. The second-order valence-electron chi connectivity index (χ2n) is 8.89. The number of hydrogen-bond donors (Lipinski definition) is 1. The Kier molecular flexibility index (Phi) is 5.69. The summed E-state index contributed by atoms with van der Waals surface area (Å²) in [7, 11) is 1.51. The van der Waals surface area contributed by atoms with Crippen LogP contribution in [-0.2, 0) is 14.4 Å². The minimum absolute atomic E-state index is 0.0922. The molecule has 29 heavy (non-hydrogen) atoms. The number of piperidine rings is 1. The average Bonchev–Trinajstić information content (AvgIpc) is 2.84. The molecule has 0 aromatic heterocycles.